The smallest absolute Gasteiger partial charge is 0.126 e. The lowest BCUT2D eigenvalue weighted by Crippen LogP contribution is -2.53. The number of halogens is 1. The predicted molar refractivity (Wildman–Crippen MR) is 87.1 cm³/mol. The summed E-state index contributed by atoms with van der Waals surface area (Å²) in [6, 6.07) is 5.86. The summed E-state index contributed by atoms with van der Waals surface area (Å²) in [5.74, 6) is -0.102. The van der Waals surface area contributed by atoms with Crippen LogP contribution in [-0.2, 0) is 0 Å². The van der Waals surface area contributed by atoms with Crippen molar-refractivity contribution in [2.75, 3.05) is 19.6 Å². The van der Waals surface area contributed by atoms with Crippen LogP contribution in [0.5, 0.6) is 0 Å². The number of nitrogens with zero attached hydrogens (tertiary/aromatic N) is 1. The Bertz CT molecular complexity index is 468. The molecule has 2 unspecified atom stereocenters. The second-order valence-electron chi connectivity index (χ2n) is 6.40. The third-order valence-electron chi connectivity index (χ3n) is 5.10. The maximum atomic E-state index is 14.0. The number of hydrogen-bond acceptors (Lipinski definition) is 2. The zero-order chi connectivity index (χ0) is 15.5. The molecule has 118 valence electrons. The lowest BCUT2D eigenvalue weighted by molar-refractivity contribution is 0.0845. The van der Waals surface area contributed by atoms with E-state index in [2.05, 4.69) is 37.1 Å². The van der Waals surface area contributed by atoms with Gasteiger partial charge < -0.3 is 5.32 Å². The van der Waals surface area contributed by atoms with Gasteiger partial charge in [-0.15, -0.1) is 0 Å². The molecule has 0 spiro atoms. The second-order valence-corrected chi connectivity index (χ2v) is 6.40. The molecule has 1 N–H and O–H groups in total. The van der Waals surface area contributed by atoms with E-state index in [1.807, 2.05) is 13.0 Å². The Kier molecular flexibility index (Phi) is 5.39. The molecule has 0 bridgehead atoms. The lowest BCUT2D eigenvalue weighted by atomic mass is 9.82. The van der Waals surface area contributed by atoms with Crippen LogP contribution in [0.3, 0.4) is 0 Å². The topological polar surface area (TPSA) is 15.3 Å². The van der Waals surface area contributed by atoms with Gasteiger partial charge >= 0.3 is 0 Å². The Hall–Kier alpha value is -0.930. The molecule has 1 heterocycles. The van der Waals surface area contributed by atoms with Crippen molar-refractivity contribution < 1.29 is 4.39 Å². The molecule has 0 aromatic heterocycles. The van der Waals surface area contributed by atoms with Gasteiger partial charge in [-0.25, -0.2) is 4.39 Å². The number of hydrogen-bond donors (Lipinski definition) is 1. The fourth-order valence-corrected chi connectivity index (χ4v) is 3.53. The summed E-state index contributed by atoms with van der Waals surface area (Å²) in [4.78, 5) is 2.58. The van der Waals surface area contributed by atoms with E-state index < -0.39 is 0 Å². The van der Waals surface area contributed by atoms with E-state index in [0.29, 0.717) is 5.56 Å². The fraction of sp³-hybridized carbons (Fsp3) is 0.667. The fourth-order valence-electron chi connectivity index (χ4n) is 3.53. The maximum Gasteiger partial charge on any atom is 0.126 e. The summed E-state index contributed by atoms with van der Waals surface area (Å²) >= 11 is 0. The third kappa shape index (κ3) is 3.29. The van der Waals surface area contributed by atoms with Crippen molar-refractivity contribution in [3.63, 3.8) is 0 Å². The van der Waals surface area contributed by atoms with Gasteiger partial charge in [0.25, 0.3) is 0 Å². The largest absolute Gasteiger partial charge is 0.309 e. The van der Waals surface area contributed by atoms with E-state index in [1.54, 1.807) is 6.07 Å². The molecule has 0 aliphatic carbocycles. The number of likely N-dealkylation sites (tertiary alicyclic amines) is 1. The highest BCUT2D eigenvalue weighted by molar-refractivity contribution is 5.28. The summed E-state index contributed by atoms with van der Waals surface area (Å²) in [6.07, 6.45) is 3.60. The number of nitrogens with one attached hydrogen (secondary N) is 1. The Balaban J connectivity index is 2.37. The van der Waals surface area contributed by atoms with E-state index in [4.69, 9.17) is 0 Å². The molecule has 3 heteroatoms. The number of likely N-dealkylation sites (N-methyl/N-ethyl adjacent to an activating group) is 1. The van der Waals surface area contributed by atoms with Crippen molar-refractivity contribution in [1.29, 1.82) is 0 Å². The summed E-state index contributed by atoms with van der Waals surface area (Å²) < 4.78 is 14.0. The zero-order valence-corrected chi connectivity index (χ0v) is 13.9. The van der Waals surface area contributed by atoms with Crippen molar-refractivity contribution in [3.8, 4) is 0 Å². The van der Waals surface area contributed by atoms with Gasteiger partial charge in [-0.1, -0.05) is 26.0 Å². The normalized spacial score (nSPS) is 20.4. The Morgan fingerprint density at radius 1 is 1.29 bits per heavy atom. The number of benzene rings is 1. The Morgan fingerprint density at radius 3 is 2.48 bits per heavy atom. The van der Waals surface area contributed by atoms with Crippen molar-refractivity contribution in [1.82, 2.24) is 10.2 Å². The van der Waals surface area contributed by atoms with Crippen LogP contribution in [0.25, 0.3) is 0 Å². The molecule has 2 nitrogen and oxygen atoms in total. The molecule has 2 atom stereocenters. The standard InChI is InChI=1S/C18H29FN2/c1-5-18(4,21-11-7-8-12-21)17(20-6-2)15-10-9-14(3)16(19)13-15/h9-10,13,17,20H,5-8,11-12H2,1-4H3. The van der Waals surface area contributed by atoms with Gasteiger partial charge in [-0.2, -0.15) is 0 Å². The summed E-state index contributed by atoms with van der Waals surface area (Å²) in [6.45, 7) is 11.7. The summed E-state index contributed by atoms with van der Waals surface area (Å²) in [5.41, 5.74) is 1.82. The molecule has 1 aliphatic heterocycles. The molecule has 2 rings (SSSR count). The van der Waals surface area contributed by atoms with Gasteiger partial charge in [0.15, 0.2) is 0 Å². The molecule has 0 saturated carbocycles. The first-order chi connectivity index (χ1) is 10.0. The predicted octanol–water partition coefficient (Wildman–Crippen LogP) is 4.05. The first kappa shape index (κ1) is 16.4. The highest BCUT2D eigenvalue weighted by Gasteiger charge is 2.39. The molecule has 1 aromatic rings. The summed E-state index contributed by atoms with van der Waals surface area (Å²) in [7, 11) is 0. The van der Waals surface area contributed by atoms with E-state index in [0.717, 1.165) is 31.6 Å². The molecule has 0 amide bonds. The highest BCUT2D eigenvalue weighted by atomic mass is 19.1. The molecule has 1 aromatic carbocycles. The number of aryl methyl sites for hydroxylation is 1. The zero-order valence-electron chi connectivity index (χ0n) is 13.9. The van der Waals surface area contributed by atoms with Crippen LogP contribution in [0.4, 0.5) is 4.39 Å². The minimum absolute atomic E-state index is 0.0359. The van der Waals surface area contributed by atoms with E-state index in [-0.39, 0.29) is 17.4 Å². The van der Waals surface area contributed by atoms with Gasteiger partial charge in [0.2, 0.25) is 0 Å². The van der Waals surface area contributed by atoms with Crippen molar-refractivity contribution in [2.24, 2.45) is 0 Å². The van der Waals surface area contributed by atoms with Gasteiger partial charge in [0.1, 0.15) is 5.82 Å². The number of rotatable bonds is 6. The van der Waals surface area contributed by atoms with Crippen LogP contribution in [-0.4, -0.2) is 30.1 Å². The maximum absolute atomic E-state index is 14.0. The molecule has 1 aliphatic rings. The van der Waals surface area contributed by atoms with E-state index in [1.165, 1.54) is 12.8 Å². The molecular weight excluding hydrogens is 263 g/mol. The van der Waals surface area contributed by atoms with Crippen LogP contribution in [0.1, 0.15) is 57.2 Å². The van der Waals surface area contributed by atoms with Crippen molar-refractivity contribution >= 4 is 0 Å². The average molecular weight is 292 g/mol. The third-order valence-corrected chi connectivity index (χ3v) is 5.10. The van der Waals surface area contributed by atoms with E-state index >= 15 is 0 Å². The monoisotopic (exact) mass is 292 g/mol. The Morgan fingerprint density at radius 2 is 1.95 bits per heavy atom. The minimum atomic E-state index is -0.102. The SMILES string of the molecule is CCNC(c1ccc(C)c(F)c1)C(C)(CC)N1CCCC1. The first-order valence-corrected chi connectivity index (χ1v) is 8.27. The second kappa shape index (κ2) is 6.89. The van der Waals surface area contributed by atoms with Crippen LogP contribution in [0.2, 0.25) is 0 Å². The lowest BCUT2D eigenvalue weighted by Gasteiger charge is -2.45. The van der Waals surface area contributed by atoms with Crippen LogP contribution < -0.4 is 5.32 Å². The molecule has 1 fully saturated rings. The van der Waals surface area contributed by atoms with Crippen LogP contribution in [0.15, 0.2) is 18.2 Å². The van der Waals surface area contributed by atoms with Gasteiger partial charge in [-0.05, 0) is 69.9 Å². The Labute approximate surface area is 128 Å². The molecule has 21 heavy (non-hydrogen) atoms. The van der Waals surface area contributed by atoms with Gasteiger partial charge in [0.05, 0.1) is 6.04 Å². The van der Waals surface area contributed by atoms with Gasteiger partial charge in [0, 0.05) is 5.54 Å². The first-order valence-electron chi connectivity index (χ1n) is 8.27. The summed E-state index contributed by atoms with van der Waals surface area (Å²) in [5, 5.41) is 3.61. The van der Waals surface area contributed by atoms with Crippen LogP contribution in [0, 0.1) is 12.7 Å². The van der Waals surface area contributed by atoms with E-state index in [9.17, 15) is 4.39 Å². The van der Waals surface area contributed by atoms with Crippen LogP contribution >= 0.6 is 0 Å². The molecule has 1 saturated heterocycles. The van der Waals surface area contributed by atoms with Gasteiger partial charge in [-0.3, -0.25) is 4.90 Å². The molecule has 0 radical (unpaired) electrons. The molecular formula is C18H29FN2. The van der Waals surface area contributed by atoms with Crippen molar-refractivity contribution in [2.45, 2.75) is 58.5 Å². The minimum Gasteiger partial charge on any atom is -0.309 e. The quantitative estimate of drug-likeness (QED) is 0.851. The average Bonchev–Trinajstić information content (AvgIpc) is 3.02. The highest BCUT2D eigenvalue weighted by Crippen LogP contribution is 2.36. The van der Waals surface area contributed by atoms with Crippen molar-refractivity contribution in [3.05, 3.63) is 35.1 Å².